The molecule has 2 amide bonds. The average molecular weight is 704 g/mol. The van der Waals surface area contributed by atoms with Crippen LogP contribution >= 0.6 is 0 Å². The number of amides is 2. The standard InChI is InChI=1S/C38H49N5O8/c1-4-50-36-30(15-21-48-23-24-49-22-20-44)31(33-27(2)40(3)43(35(33)46)29-13-9-6-10-14-29)25-32(51-36)34(45)41-18-16-38(17-19-41)37(47)39-26-42(38)28-11-7-5-8-12-28/h5-14,25,30-31,36,44H,4,15-24,26H2,1-3H3,(H,39,47)/t30-,31+,36-/m1/s1. The number of hydrogen-bond acceptors (Lipinski definition) is 9. The number of likely N-dealkylation sites (tertiary alicyclic amines) is 1. The Bertz CT molecular complexity index is 1730. The lowest BCUT2D eigenvalue weighted by Gasteiger charge is -2.44. The van der Waals surface area contributed by atoms with Crippen molar-refractivity contribution in [2.75, 3.05) is 64.3 Å². The molecule has 3 atom stereocenters. The topological polar surface area (TPSA) is 137 Å². The highest BCUT2D eigenvalue weighted by atomic mass is 16.7. The van der Waals surface area contributed by atoms with Crippen LogP contribution in [0.1, 0.15) is 43.4 Å². The summed E-state index contributed by atoms with van der Waals surface area (Å²) in [6.45, 7) is 6.49. The summed E-state index contributed by atoms with van der Waals surface area (Å²) < 4.78 is 27.2. The molecular formula is C38H49N5O8. The van der Waals surface area contributed by atoms with Crippen LogP contribution < -0.4 is 15.8 Å². The summed E-state index contributed by atoms with van der Waals surface area (Å²) in [4.78, 5) is 45.7. The minimum Gasteiger partial charge on any atom is -0.459 e. The van der Waals surface area contributed by atoms with Gasteiger partial charge in [0.15, 0.2) is 5.76 Å². The van der Waals surface area contributed by atoms with E-state index in [0.29, 0.717) is 71.0 Å². The average Bonchev–Trinajstić information content (AvgIpc) is 3.58. The van der Waals surface area contributed by atoms with Crippen molar-refractivity contribution in [1.29, 1.82) is 0 Å². The molecule has 274 valence electrons. The van der Waals surface area contributed by atoms with E-state index >= 15 is 0 Å². The number of aromatic nitrogens is 2. The second kappa shape index (κ2) is 16.3. The van der Waals surface area contributed by atoms with Gasteiger partial charge in [0.2, 0.25) is 12.2 Å². The molecule has 0 bridgehead atoms. The van der Waals surface area contributed by atoms with Gasteiger partial charge < -0.3 is 39.2 Å². The van der Waals surface area contributed by atoms with E-state index in [4.69, 9.17) is 24.1 Å². The molecule has 1 aromatic heterocycles. The molecule has 4 heterocycles. The van der Waals surface area contributed by atoms with Gasteiger partial charge in [-0.2, -0.15) is 0 Å². The number of rotatable bonds is 14. The van der Waals surface area contributed by atoms with Crippen LogP contribution in [0.5, 0.6) is 0 Å². The molecule has 3 aromatic rings. The first-order valence-electron chi connectivity index (χ1n) is 17.8. The van der Waals surface area contributed by atoms with Crippen LogP contribution in [0, 0.1) is 12.8 Å². The number of carbonyl (C=O) groups excluding carboxylic acids is 2. The van der Waals surface area contributed by atoms with Gasteiger partial charge in [-0.15, -0.1) is 0 Å². The van der Waals surface area contributed by atoms with Crippen LogP contribution in [0.25, 0.3) is 5.69 Å². The number of ether oxygens (including phenoxy) is 4. The minimum atomic E-state index is -0.812. The second-order valence-electron chi connectivity index (χ2n) is 13.1. The van der Waals surface area contributed by atoms with Crippen molar-refractivity contribution < 1.29 is 33.6 Å². The van der Waals surface area contributed by atoms with E-state index in [1.807, 2.05) is 86.2 Å². The molecule has 0 saturated carbocycles. The first-order chi connectivity index (χ1) is 24.8. The van der Waals surface area contributed by atoms with Crippen LogP contribution in [0.4, 0.5) is 5.69 Å². The number of aliphatic hydroxyl groups is 1. The lowest BCUT2D eigenvalue weighted by Crippen LogP contribution is -2.57. The van der Waals surface area contributed by atoms with Gasteiger partial charge in [0.05, 0.1) is 38.8 Å². The molecule has 0 aliphatic carbocycles. The fraction of sp³-hybridized carbons (Fsp3) is 0.500. The smallest absolute Gasteiger partial charge is 0.288 e. The third-order valence-corrected chi connectivity index (χ3v) is 10.3. The first-order valence-corrected chi connectivity index (χ1v) is 17.8. The van der Waals surface area contributed by atoms with Gasteiger partial charge in [-0.3, -0.25) is 19.1 Å². The van der Waals surface area contributed by atoms with Crippen molar-refractivity contribution in [3.63, 3.8) is 0 Å². The fourth-order valence-corrected chi connectivity index (χ4v) is 7.61. The molecule has 51 heavy (non-hydrogen) atoms. The Hall–Kier alpha value is -4.43. The van der Waals surface area contributed by atoms with Gasteiger partial charge in [0.1, 0.15) is 5.54 Å². The highest BCUT2D eigenvalue weighted by Gasteiger charge is 2.51. The van der Waals surface area contributed by atoms with Gasteiger partial charge in [-0.25, -0.2) is 4.68 Å². The third-order valence-electron chi connectivity index (χ3n) is 10.3. The zero-order valence-corrected chi connectivity index (χ0v) is 29.7. The highest BCUT2D eigenvalue weighted by molar-refractivity contribution is 5.95. The number of aliphatic hydroxyl groups excluding tert-OH is 1. The molecule has 3 aliphatic heterocycles. The summed E-state index contributed by atoms with van der Waals surface area (Å²) in [5.41, 5.74) is 2.11. The van der Waals surface area contributed by atoms with Gasteiger partial charge in [0.25, 0.3) is 11.5 Å². The predicted octanol–water partition coefficient (Wildman–Crippen LogP) is 2.83. The van der Waals surface area contributed by atoms with Gasteiger partial charge in [0, 0.05) is 62.1 Å². The largest absolute Gasteiger partial charge is 0.459 e. The van der Waals surface area contributed by atoms with E-state index in [9.17, 15) is 14.4 Å². The SMILES string of the molecule is CCO[C@@H]1OC(C(=O)N2CCC3(CC2)C(=O)NCN3c2ccccc2)=C[C@H](c2c(C)n(C)n(-c3ccccc3)c2=O)[C@H]1CCOCCOCCO. The lowest BCUT2D eigenvalue weighted by atomic mass is 9.81. The molecule has 6 rings (SSSR count). The minimum absolute atomic E-state index is 0.0256. The number of nitrogens with zero attached hydrogens (tertiary/aromatic N) is 4. The van der Waals surface area contributed by atoms with Crippen molar-refractivity contribution in [3.8, 4) is 5.69 Å². The van der Waals surface area contributed by atoms with Crippen LogP contribution in [0.2, 0.25) is 0 Å². The maximum absolute atomic E-state index is 14.3. The Morgan fingerprint density at radius 1 is 0.961 bits per heavy atom. The summed E-state index contributed by atoms with van der Waals surface area (Å²) in [6.07, 6.45) is 2.39. The molecule has 13 nitrogen and oxygen atoms in total. The van der Waals surface area contributed by atoms with Gasteiger partial charge in [-0.1, -0.05) is 36.4 Å². The summed E-state index contributed by atoms with van der Waals surface area (Å²) in [5, 5.41) is 12.0. The van der Waals surface area contributed by atoms with Crippen LogP contribution in [0.15, 0.2) is 77.3 Å². The Kier molecular flexibility index (Phi) is 11.6. The van der Waals surface area contributed by atoms with Crippen molar-refractivity contribution in [3.05, 3.63) is 94.1 Å². The fourth-order valence-electron chi connectivity index (χ4n) is 7.61. The number of allylic oxidation sites excluding steroid dienone is 1. The highest BCUT2D eigenvalue weighted by Crippen LogP contribution is 2.41. The summed E-state index contributed by atoms with van der Waals surface area (Å²) >= 11 is 0. The molecule has 13 heteroatoms. The number of piperidine rings is 1. The van der Waals surface area contributed by atoms with Crippen LogP contribution in [0.3, 0.4) is 0 Å². The molecular weight excluding hydrogens is 654 g/mol. The molecule has 0 radical (unpaired) electrons. The number of carbonyl (C=O) groups is 2. The van der Waals surface area contributed by atoms with Crippen molar-refractivity contribution >= 4 is 17.5 Å². The Morgan fingerprint density at radius 3 is 2.25 bits per heavy atom. The predicted molar refractivity (Wildman–Crippen MR) is 190 cm³/mol. The Morgan fingerprint density at radius 2 is 1.61 bits per heavy atom. The second-order valence-corrected chi connectivity index (χ2v) is 13.1. The van der Waals surface area contributed by atoms with Gasteiger partial charge >= 0.3 is 0 Å². The van der Waals surface area contributed by atoms with E-state index in [-0.39, 0.29) is 42.3 Å². The molecule has 2 saturated heterocycles. The molecule has 2 N–H and O–H groups in total. The number of benzene rings is 2. The lowest BCUT2D eigenvalue weighted by molar-refractivity contribution is -0.172. The molecule has 2 fully saturated rings. The maximum atomic E-state index is 14.3. The number of para-hydroxylation sites is 2. The Labute approximate surface area is 298 Å². The summed E-state index contributed by atoms with van der Waals surface area (Å²) in [7, 11) is 1.86. The van der Waals surface area contributed by atoms with Crippen molar-refractivity contribution in [2.24, 2.45) is 13.0 Å². The summed E-state index contributed by atoms with van der Waals surface area (Å²) in [5.74, 6) is -1.05. The monoisotopic (exact) mass is 703 g/mol. The van der Waals surface area contributed by atoms with Gasteiger partial charge in [-0.05, 0) is 63.5 Å². The van der Waals surface area contributed by atoms with E-state index in [0.717, 1.165) is 17.1 Å². The van der Waals surface area contributed by atoms with Crippen molar-refractivity contribution in [2.45, 2.75) is 50.9 Å². The quantitative estimate of drug-likeness (QED) is 0.243. The molecule has 1 spiro atoms. The zero-order valence-electron chi connectivity index (χ0n) is 29.7. The van der Waals surface area contributed by atoms with E-state index < -0.39 is 17.7 Å². The molecule has 2 aromatic carbocycles. The van der Waals surface area contributed by atoms with Crippen LogP contribution in [-0.2, 0) is 35.6 Å². The molecule has 3 aliphatic rings. The van der Waals surface area contributed by atoms with Crippen molar-refractivity contribution in [1.82, 2.24) is 19.6 Å². The van der Waals surface area contributed by atoms with E-state index in [1.165, 1.54) is 0 Å². The normalized spacial score (nSPS) is 21.5. The third kappa shape index (κ3) is 7.34. The number of anilines is 1. The van der Waals surface area contributed by atoms with E-state index in [2.05, 4.69) is 10.2 Å². The Balaban J connectivity index is 1.29. The maximum Gasteiger partial charge on any atom is 0.288 e. The molecule has 0 unspecified atom stereocenters. The van der Waals surface area contributed by atoms with E-state index in [1.54, 1.807) is 15.7 Å². The zero-order chi connectivity index (χ0) is 36.0. The first kappa shape index (κ1) is 36.4. The summed E-state index contributed by atoms with van der Waals surface area (Å²) in [6, 6.07) is 19.3. The van der Waals surface area contributed by atoms with Crippen LogP contribution in [-0.4, -0.2) is 102 Å². The number of nitrogens with one attached hydrogen (secondary N) is 1. The number of hydrogen-bond donors (Lipinski definition) is 2.